The number of carbonyl (C=O) groups is 1. The molecule has 0 radical (unpaired) electrons. The van der Waals surface area contributed by atoms with Crippen LogP contribution in [0.1, 0.15) is 62.5 Å². The zero-order valence-electron chi connectivity index (χ0n) is 19.1. The maximum absolute atomic E-state index is 12.5. The minimum absolute atomic E-state index is 0.00453. The summed E-state index contributed by atoms with van der Waals surface area (Å²) >= 11 is 0. The van der Waals surface area contributed by atoms with Gasteiger partial charge in [-0.25, -0.2) is 0 Å². The highest BCUT2D eigenvalue weighted by Gasteiger charge is 2.09. The number of hydrogen-bond donors (Lipinski definition) is 0. The Labute approximate surface area is 181 Å². The zero-order valence-corrected chi connectivity index (χ0v) is 19.1. The number of hydrogen-bond acceptors (Lipinski definition) is 3. The van der Waals surface area contributed by atoms with Crippen LogP contribution in [-0.4, -0.2) is 12.4 Å². The molecule has 3 rings (SSSR count). The van der Waals surface area contributed by atoms with Gasteiger partial charge in [0.05, 0.1) is 6.61 Å². The van der Waals surface area contributed by atoms with Gasteiger partial charge in [0.15, 0.2) is 5.78 Å². The highest BCUT2D eigenvalue weighted by molar-refractivity contribution is 6.09. The highest BCUT2D eigenvalue weighted by atomic mass is 16.5. The van der Waals surface area contributed by atoms with Crippen molar-refractivity contribution in [2.24, 2.45) is 0 Å². The van der Waals surface area contributed by atoms with E-state index in [9.17, 15) is 4.79 Å². The lowest BCUT2D eigenvalue weighted by atomic mass is 10.0. The van der Waals surface area contributed by atoms with Crippen LogP contribution in [0, 0.1) is 6.92 Å². The van der Waals surface area contributed by atoms with Gasteiger partial charge in [-0.3, -0.25) is 4.79 Å². The van der Waals surface area contributed by atoms with Crippen molar-refractivity contribution < 1.29 is 14.3 Å². The third-order valence-corrected chi connectivity index (χ3v) is 3.78. The molecule has 0 amide bonds. The monoisotopic (exact) mass is 406 g/mol. The van der Waals surface area contributed by atoms with Crippen LogP contribution in [0.25, 0.3) is 0 Å². The molecule has 0 aliphatic carbocycles. The van der Waals surface area contributed by atoms with E-state index < -0.39 is 0 Å². The summed E-state index contributed by atoms with van der Waals surface area (Å²) in [5.41, 5.74) is 2.46. The molecular formula is C27H34O3. The molecule has 0 atom stereocenters. The normalized spacial score (nSPS) is 9.40. The molecule has 0 aliphatic heterocycles. The molecule has 0 spiro atoms. The SMILES string of the molecule is CC.CCC.CCOc1cccc(Oc2ccc(C(=O)c3ccc(C)cc3)cc2)c1. The second-order valence-electron chi connectivity index (χ2n) is 6.44. The Morgan fingerprint density at radius 3 is 1.77 bits per heavy atom. The van der Waals surface area contributed by atoms with Crippen LogP contribution in [0.3, 0.4) is 0 Å². The number of benzene rings is 3. The standard InChI is InChI=1S/C22H20O3.C3H8.C2H6/c1-3-24-20-5-4-6-21(15-20)25-19-13-11-18(12-14-19)22(23)17-9-7-16(2)8-10-17;1-3-2;1-2/h4-15H,3H2,1-2H3;3H2,1-2H3;1-2H3. The lowest BCUT2D eigenvalue weighted by molar-refractivity contribution is 0.103. The van der Waals surface area contributed by atoms with E-state index in [1.807, 2.05) is 76.2 Å². The molecule has 3 heteroatoms. The fourth-order valence-corrected chi connectivity index (χ4v) is 2.48. The van der Waals surface area contributed by atoms with Crippen LogP contribution in [0.4, 0.5) is 0 Å². The third kappa shape index (κ3) is 8.12. The van der Waals surface area contributed by atoms with Crippen LogP contribution < -0.4 is 9.47 Å². The molecule has 3 nitrogen and oxygen atoms in total. The highest BCUT2D eigenvalue weighted by Crippen LogP contribution is 2.26. The Morgan fingerprint density at radius 1 is 0.733 bits per heavy atom. The number of aryl methyl sites for hydroxylation is 1. The molecule has 3 aromatic carbocycles. The molecule has 0 aromatic heterocycles. The second-order valence-corrected chi connectivity index (χ2v) is 6.44. The number of ketones is 1. The molecule has 0 bridgehead atoms. The van der Waals surface area contributed by atoms with Crippen molar-refractivity contribution in [3.05, 3.63) is 89.5 Å². The van der Waals surface area contributed by atoms with Crippen LogP contribution in [-0.2, 0) is 0 Å². The first-order valence-electron chi connectivity index (χ1n) is 10.7. The largest absolute Gasteiger partial charge is 0.494 e. The fraction of sp³-hybridized carbons (Fsp3) is 0.296. The molecule has 0 N–H and O–H groups in total. The zero-order chi connectivity index (χ0) is 22.4. The molecule has 0 saturated carbocycles. The summed E-state index contributed by atoms with van der Waals surface area (Å²) in [7, 11) is 0. The molecule has 0 fully saturated rings. The summed E-state index contributed by atoms with van der Waals surface area (Å²) in [6, 6.07) is 22.2. The van der Waals surface area contributed by atoms with Gasteiger partial charge < -0.3 is 9.47 Å². The average molecular weight is 407 g/mol. The third-order valence-electron chi connectivity index (χ3n) is 3.78. The number of carbonyl (C=O) groups excluding carboxylic acids is 1. The summed E-state index contributed by atoms with van der Waals surface area (Å²) in [5, 5.41) is 0. The Balaban J connectivity index is 0.000000826. The Hall–Kier alpha value is -3.07. The Bertz CT molecular complexity index is 865. The maximum Gasteiger partial charge on any atom is 0.193 e. The van der Waals surface area contributed by atoms with E-state index in [1.54, 1.807) is 24.3 Å². The molecule has 3 aromatic rings. The molecule has 0 heterocycles. The second kappa shape index (κ2) is 14.0. The van der Waals surface area contributed by atoms with Crippen molar-refractivity contribution in [1.82, 2.24) is 0 Å². The van der Waals surface area contributed by atoms with Gasteiger partial charge in [-0.15, -0.1) is 0 Å². The van der Waals surface area contributed by atoms with E-state index in [2.05, 4.69) is 13.8 Å². The Morgan fingerprint density at radius 2 is 1.23 bits per heavy atom. The van der Waals surface area contributed by atoms with E-state index in [4.69, 9.17) is 9.47 Å². The summed E-state index contributed by atoms with van der Waals surface area (Å²) in [5.74, 6) is 2.15. The summed E-state index contributed by atoms with van der Waals surface area (Å²) in [4.78, 5) is 12.5. The van der Waals surface area contributed by atoms with E-state index >= 15 is 0 Å². The van der Waals surface area contributed by atoms with Crippen LogP contribution in [0.2, 0.25) is 0 Å². The predicted octanol–water partition coefficient (Wildman–Crippen LogP) is 7.86. The average Bonchev–Trinajstić information content (AvgIpc) is 2.77. The fourth-order valence-electron chi connectivity index (χ4n) is 2.48. The number of rotatable bonds is 6. The quantitative estimate of drug-likeness (QED) is 0.391. The Kier molecular flexibility index (Phi) is 11.7. The number of ether oxygens (including phenoxy) is 2. The van der Waals surface area contributed by atoms with Crippen molar-refractivity contribution in [3.8, 4) is 17.2 Å². The van der Waals surface area contributed by atoms with Crippen molar-refractivity contribution in [1.29, 1.82) is 0 Å². The van der Waals surface area contributed by atoms with Crippen molar-refractivity contribution in [2.45, 2.75) is 48.0 Å². The molecule has 30 heavy (non-hydrogen) atoms. The smallest absolute Gasteiger partial charge is 0.193 e. The van der Waals surface area contributed by atoms with Gasteiger partial charge in [0.1, 0.15) is 17.2 Å². The molecule has 0 aliphatic rings. The van der Waals surface area contributed by atoms with Gasteiger partial charge in [0.25, 0.3) is 0 Å². The minimum atomic E-state index is 0.00453. The lowest BCUT2D eigenvalue weighted by Gasteiger charge is -2.09. The first-order valence-corrected chi connectivity index (χ1v) is 10.7. The molecule has 0 saturated heterocycles. The summed E-state index contributed by atoms with van der Waals surface area (Å²) in [6.07, 6.45) is 1.25. The van der Waals surface area contributed by atoms with Crippen molar-refractivity contribution in [2.75, 3.05) is 6.61 Å². The predicted molar refractivity (Wildman–Crippen MR) is 126 cm³/mol. The summed E-state index contributed by atoms with van der Waals surface area (Å²) < 4.78 is 11.3. The van der Waals surface area contributed by atoms with Crippen LogP contribution >= 0.6 is 0 Å². The molecular weight excluding hydrogens is 372 g/mol. The molecule has 160 valence electrons. The first kappa shape index (κ1) is 25.0. The van der Waals surface area contributed by atoms with Crippen molar-refractivity contribution >= 4 is 5.78 Å². The van der Waals surface area contributed by atoms with Gasteiger partial charge in [-0.2, -0.15) is 0 Å². The van der Waals surface area contributed by atoms with Gasteiger partial charge in [0.2, 0.25) is 0 Å². The van der Waals surface area contributed by atoms with Crippen LogP contribution in [0.15, 0.2) is 72.8 Å². The minimum Gasteiger partial charge on any atom is -0.494 e. The van der Waals surface area contributed by atoms with Crippen molar-refractivity contribution in [3.63, 3.8) is 0 Å². The van der Waals surface area contributed by atoms with Gasteiger partial charge >= 0.3 is 0 Å². The lowest BCUT2D eigenvalue weighted by Crippen LogP contribution is -2.01. The topological polar surface area (TPSA) is 35.5 Å². The molecule has 0 unspecified atom stereocenters. The van der Waals surface area contributed by atoms with Gasteiger partial charge in [-0.05, 0) is 50.2 Å². The maximum atomic E-state index is 12.5. The summed E-state index contributed by atoms with van der Waals surface area (Å²) in [6.45, 7) is 12.8. The van der Waals surface area contributed by atoms with E-state index in [0.717, 1.165) is 11.3 Å². The van der Waals surface area contributed by atoms with E-state index in [0.29, 0.717) is 29.2 Å². The van der Waals surface area contributed by atoms with E-state index in [-0.39, 0.29) is 5.78 Å². The van der Waals surface area contributed by atoms with Crippen LogP contribution in [0.5, 0.6) is 17.2 Å². The van der Waals surface area contributed by atoms with Gasteiger partial charge in [-0.1, -0.05) is 70.0 Å². The first-order chi connectivity index (χ1) is 14.6. The van der Waals surface area contributed by atoms with E-state index in [1.165, 1.54) is 6.42 Å². The van der Waals surface area contributed by atoms with Gasteiger partial charge in [0, 0.05) is 17.2 Å².